The first-order valence-corrected chi connectivity index (χ1v) is 5.92. The Kier molecular flexibility index (Phi) is 3.01. The monoisotopic (exact) mass is 231 g/mol. The van der Waals surface area contributed by atoms with Gasteiger partial charge >= 0.3 is 0 Å². The summed E-state index contributed by atoms with van der Waals surface area (Å²) < 4.78 is 0. The van der Waals surface area contributed by atoms with Gasteiger partial charge in [-0.2, -0.15) is 0 Å². The van der Waals surface area contributed by atoms with Crippen LogP contribution in [0.3, 0.4) is 0 Å². The number of carbonyl (C=O) groups excluding carboxylic acids is 2. The Morgan fingerprint density at radius 1 is 1.18 bits per heavy atom. The molecule has 1 aliphatic heterocycles. The maximum atomic E-state index is 12.2. The van der Waals surface area contributed by atoms with Crippen LogP contribution in [0.25, 0.3) is 0 Å². The van der Waals surface area contributed by atoms with Gasteiger partial charge in [0.2, 0.25) is 11.8 Å². The molecular formula is C14H17NO2. The van der Waals surface area contributed by atoms with Gasteiger partial charge in [-0.25, -0.2) is 0 Å². The second-order valence-corrected chi connectivity index (χ2v) is 4.84. The second kappa shape index (κ2) is 4.32. The fourth-order valence-electron chi connectivity index (χ4n) is 2.48. The number of imide groups is 1. The summed E-state index contributed by atoms with van der Waals surface area (Å²) >= 11 is 0. The van der Waals surface area contributed by atoms with E-state index in [4.69, 9.17) is 0 Å². The van der Waals surface area contributed by atoms with Gasteiger partial charge in [0.25, 0.3) is 0 Å². The maximum Gasteiger partial charge on any atom is 0.237 e. The molecule has 0 aromatic carbocycles. The van der Waals surface area contributed by atoms with Gasteiger partial charge in [0.1, 0.15) is 0 Å². The molecule has 1 heterocycles. The van der Waals surface area contributed by atoms with E-state index < -0.39 is 0 Å². The van der Waals surface area contributed by atoms with E-state index in [0.717, 1.165) is 0 Å². The SMILES string of the molecule is C=C[C@@H](C(C)C)N1C(=O)C2C=CC=CC2C1=O. The number of allylic oxidation sites excluding steroid dienone is 2. The minimum Gasteiger partial charge on any atom is -0.274 e. The Hall–Kier alpha value is -1.64. The molecule has 3 atom stereocenters. The van der Waals surface area contributed by atoms with Crippen LogP contribution in [-0.2, 0) is 9.59 Å². The molecular weight excluding hydrogens is 214 g/mol. The minimum atomic E-state index is -0.311. The summed E-state index contributed by atoms with van der Waals surface area (Å²) in [7, 11) is 0. The molecule has 0 bridgehead atoms. The average molecular weight is 231 g/mol. The highest BCUT2D eigenvalue weighted by Gasteiger charge is 2.48. The molecule has 2 aliphatic rings. The molecule has 2 unspecified atom stereocenters. The standard InChI is InChI=1S/C14H17NO2/c1-4-12(9(2)3)15-13(16)10-7-5-6-8-11(10)14(15)17/h4-12H,1H2,2-3H3/t10?,11?,12-/m0/s1. The van der Waals surface area contributed by atoms with Crippen molar-refractivity contribution in [3.63, 3.8) is 0 Å². The quantitative estimate of drug-likeness (QED) is 0.549. The molecule has 3 heteroatoms. The van der Waals surface area contributed by atoms with Crippen LogP contribution in [0, 0.1) is 17.8 Å². The number of likely N-dealkylation sites (tertiary alicyclic amines) is 1. The number of hydrogen-bond acceptors (Lipinski definition) is 2. The second-order valence-electron chi connectivity index (χ2n) is 4.84. The van der Waals surface area contributed by atoms with Crippen LogP contribution in [0.5, 0.6) is 0 Å². The van der Waals surface area contributed by atoms with E-state index in [2.05, 4.69) is 6.58 Å². The summed E-state index contributed by atoms with van der Waals surface area (Å²) in [6.07, 6.45) is 8.96. The lowest BCUT2D eigenvalue weighted by Crippen LogP contribution is -2.42. The summed E-state index contributed by atoms with van der Waals surface area (Å²) in [5.41, 5.74) is 0. The molecule has 0 N–H and O–H groups in total. The number of rotatable bonds is 3. The molecule has 90 valence electrons. The van der Waals surface area contributed by atoms with Crippen molar-refractivity contribution >= 4 is 11.8 Å². The molecule has 0 radical (unpaired) electrons. The average Bonchev–Trinajstić information content (AvgIpc) is 2.56. The number of carbonyl (C=O) groups is 2. The van der Waals surface area contributed by atoms with Gasteiger partial charge in [0.15, 0.2) is 0 Å². The van der Waals surface area contributed by atoms with Crippen molar-refractivity contribution < 1.29 is 9.59 Å². The molecule has 1 aliphatic carbocycles. The highest BCUT2D eigenvalue weighted by Crippen LogP contribution is 2.33. The number of nitrogens with zero attached hydrogens (tertiary/aromatic N) is 1. The molecule has 3 nitrogen and oxygen atoms in total. The third-order valence-electron chi connectivity index (χ3n) is 3.40. The van der Waals surface area contributed by atoms with Gasteiger partial charge in [-0.3, -0.25) is 14.5 Å². The summed E-state index contributed by atoms with van der Waals surface area (Å²) in [6, 6.07) is -0.206. The van der Waals surface area contributed by atoms with Crippen molar-refractivity contribution in [3.05, 3.63) is 37.0 Å². The lowest BCUT2D eigenvalue weighted by atomic mass is 9.91. The lowest BCUT2D eigenvalue weighted by molar-refractivity contribution is -0.142. The zero-order valence-corrected chi connectivity index (χ0v) is 10.2. The van der Waals surface area contributed by atoms with E-state index in [-0.39, 0.29) is 35.6 Å². The molecule has 2 amide bonds. The first kappa shape index (κ1) is 11.8. The molecule has 17 heavy (non-hydrogen) atoms. The number of fused-ring (bicyclic) bond motifs is 1. The van der Waals surface area contributed by atoms with Gasteiger partial charge in [-0.1, -0.05) is 44.2 Å². The van der Waals surface area contributed by atoms with Gasteiger partial charge in [0.05, 0.1) is 17.9 Å². The molecule has 0 spiro atoms. The van der Waals surface area contributed by atoms with Crippen LogP contribution in [0.2, 0.25) is 0 Å². The smallest absolute Gasteiger partial charge is 0.237 e. The van der Waals surface area contributed by atoms with Crippen LogP contribution >= 0.6 is 0 Å². The van der Waals surface area contributed by atoms with Crippen molar-refractivity contribution in [2.45, 2.75) is 19.9 Å². The minimum absolute atomic E-state index is 0.0980. The van der Waals surface area contributed by atoms with Crippen molar-refractivity contribution in [3.8, 4) is 0 Å². The third kappa shape index (κ3) is 1.75. The van der Waals surface area contributed by atoms with Crippen molar-refractivity contribution in [1.29, 1.82) is 0 Å². The van der Waals surface area contributed by atoms with Gasteiger partial charge in [0, 0.05) is 0 Å². The Labute approximate surface area is 101 Å². The summed E-state index contributed by atoms with van der Waals surface area (Å²) in [5, 5.41) is 0. The third-order valence-corrected chi connectivity index (χ3v) is 3.40. The molecule has 1 saturated heterocycles. The normalized spacial score (nSPS) is 28.8. The van der Waals surface area contributed by atoms with Gasteiger partial charge < -0.3 is 0 Å². The lowest BCUT2D eigenvalue weighted by Gasteiger charge is -2.26. The topological polar surface area (TPSA) is 37.4 Å². The molecule has 0 aromatic heterocycles. The van der Waals surface area contributed by atoms with E-state index in [0.29, 0.717) is 0 Å². The first-order valence-electron chi connectivity index (χ1n) is 5.92. The number of amides is 2. The highest BCUT2D eigenvalue weighted by molar-refractivity contribution is 6.07. The summed E-state index contributed by atoms with van der Waals surface area (Å²) in [5.74, 6) is -0.630. The molecule has 0 saturated carbocycles. The zero-order chi connectivity index (χ0) is 12.6. The molecule has 2 rings (SSSR count). The van der Waals surface area contributed by atoms with E-state index in [1.807, 2.05) is 38.2 Å². The largest absolute Gasteiger partial charge is 0.274 e. The predicted molar refractivity (Wildman–Crippen MR) is 65.9 cm³/mol. The van der Waals surface area contributed by atoms with Crippen molar-refractivity contribution in [2.24, 2.45) is 17.8 Å². The van der Waals surface area contributed by atoms with E-state index in [9.17, 15) is 9.59 Å². The van der Waals surface area contributed by atoms with Crippen LogP contribution in [0.4, 0.5) is 0 Å². The first-order chi connectivity index (χ1) is 8.07. The Morgan fingerprint density at radius 3 is 2.00 bits per heavy atom. The number of hydrogen-bond donors (Lipinski definition) is 0. The summed E-state index contributed by atoms with van der Waals surface area (Å²) in [6.45, 7) is 7.70. The molecule has 1 fully saturated rings. The maximum absolute atomic E-state index is 12.2. The van der Waals surface area contributed by atoms with Gasteiger partial charge in [-0.05, 0) is 5.92 Å². The van der Waals surface area contributed by atoms with E-state index >= 15 is 0 Å². The van der Waals surface area contributed by atoms with Crippen molar-refractivity contribution in [1.82, 2.24) is 4.90 Å². The Balaban J connectivity index is 2.34. The van der Waals surface area contributed by atoms with Crippen LogP contribution in [0.15, 0.2) is 37.0 Å². The fourth-order valence-corrected chi connectivity index (χ4v) is 2.48. The Bertz CT molecular complexity index is 390. The van der Waals surface area contributed by atoms with Crippen LogP contribution in [0.1, 0.15) is 13.8 Å². The Morgan fingerprint density at radius 2 is 1.65 bits per heavy atom. The van der Waals surface area contributed by atoms with E-state index in [1.165, 1.54) is 4.90 Å². The summed E-state index contributed by atoms with van der Waals surface area (Å²) in [4.78, 5) is 25.8. The predicted octanol–water partition coefficient (Wildman–Crippen LogP) is 1.92. The fraction of sp³-hybridized carbons (Fsp3) is 0.429. The highest BCUT2D eigenvalue weighted by atomic mass is 16.2. The van der Waals surface area contributed by atoms with Gasteiger partial charge in [-0.15, -0.1) is 6.58 Å². The molecule has 0 aromatic rings. The van der Waals surface area contributed by atoms with E-state index in [1.54, 1.807) is 6.08 Å². The van der Waals surface area contributed by atoms with Crippen LogP contribution < -0.4 is 0 Å². The zero-order valence-electron chi connectivity index (χ0n) is 10.2. The van der Waals surface area contributed by atoms with Crippen molar-refractivity contribution in [2.75, 3.05) is 0 Å². The van der Waals surface area contributed by atoms with Crippen LogP contribution in [-0.4, -0.2) is 22.8 Å².